The molecule has 0 bridgehead atoms. The van der Waals surface area contributed by atoms with Crippen molar-refractivity contribution in [2.75, 3.05) is 11.4 Å². The number of benzene rings is 2. The SMILES string of the molecule is Cc1cnccc1-c1ccc(N2CCCC(c3ccc(C(F)(F)F)cc3)C2=O)cc1. The van der Waals surface area contributed by atoms with Gasteiger partial charge in [0.25, 0.3) is 0 Å². The molecule has 1 aromatic heterocycles. The summed E-state index contributed by atoms with van der Waals surface area (Å²) in [5, 5.41) is 0. The van der Waals surface area contributed by atoms with E-state index in [2.05, 4.69) is 4.98 Å². The highest BCUT2D eigenvalue weighted by atomic mass is 19.4. The predicted octanol–water partition coefficient (Wildman–Crippen LogP) is 5.99. The number of hydrogen-bond donors (Lipinski definition) is 0. The van der Waals surface area contributed by atoms with Gasteiger partial charge >= 0.3 is 6.18 Å². The molecular formula is C24H21F3N2O. The maximum Gasteiger partial charge on any atom is 0.416 e. The van der Waals surface area contributed by atoms with Crippen LogP contribution in [0.3, 0.4) is 0 Å². The molecular weight excluding hydrogens is 389 g/mol. The Hall–Kier alpha value is -3.15. The van der Waals surface area contributed by atoms with E-state index in [0.717, 1.165) is 40.9 Å². The minimum Gasteiger partial charge on any atom is -0.312 e. The second-order valence-electron chi connectivity index (χ2n) is 7.54. The molecule has 154 valence electrons. The largest absolute Gasteiger partial charge is 0.416 e. The Kier molecular flexibility index (Phi) is 5.33. The number of halogens is 3. The number of rotatable bonds is 3. The van der Waals surface area contributed by atoms with E-state index in [4.69, 9.17) is 0 Å². The highest BCUT2D eigenvalue weighted by Gasteiger charge is 2.33. The van der Waals surface area contributed by atoms with E-state index >= 15 is 0 Å². The van der Waals surface area contributed by atoms with Crippen LogP contribution in [-0.4, -0.2) is 17.4 Å². The first-order chi connectivity index (χ1) is 14.3. The van der Waals surface area contributed by atoms with Gasteiger partial charge in [-0.1, -0.05) is 24.3 Å². The summed E-state index contributed by atoms with van der Waals surface area (Å²) in [5.74, 6) is -0.503. The first-order valence-electron chi connectivity index (χ1n) is 9.84. The molecule has 2 heterocycles. The van der Waals surface area contributed by atoms with Crippen molar-refractivity contribution in [3.05, 3.63) is 83.7 Å². The van der Waals surface area contributed by atoms with Gasteiger partial charge in [0, 0.05) is 24.6 Å². The van der Waals surface area contributed by atoms with Gasteiger partial charge in [0.2, 0.25) is 5.91 Å². The third kappa shape index (κ3) is 3.95. The number of aryl methyl sites for hydroxylation is 1. The van der Waals surface area contributed by atoms with Crippen LogP contribution in [0.25, 0.3) is 11.1 Å². The highest BCUT2D eigenvalue weighted by Crippen LogP contribution is 2.35. The summed E-state index contributed by atoms with van der Waals surface area (Å²) in [7, 11) is 0. The Morgan fingerprint density at radius 2 is 1.70 bits per heavy atom. The lowest BCUT2D eigenvalue weighted by Crippen LogP contribution is -2.40. The Labute approximate surface area is 173 Å². The van der Waals surface area contributed by atoms with Crippen LogP contribution in [0, 0.1) is 6.92 Å². The van der Waals surface area contributed by atoms with Gasteiger partial charge in [-0.05, 0) is 72.4 Å². The predicted molar refractivity (Wildman–Crippen MR) is 110 cm³/mol. The van der Waals surface area contributed by atoms with E-state index in [1.54, 1.807) is 11.1 Å². The third-order valence-electron chi connectivity index (χ3n) is 5.59. The first kappa shape index (κ1) is 20.1. The molecule has 0 aliphatic carbocycles. The van der Waals surface area contributed by atoms with E-state index in [1.165, 1.54) is 12.1 Å². The van der Waals surface area contributed by atoms with E-state index in [1.807, 2.05) is 43.5 Å². The van der Waals surface area contributed by atoms with Crippen molar-refractivity contribution >= 4 is 11.6 Å². The van der Waals surface area contributed by atoms with Crippen molar-refractivity contribution in [2.24, 2.45) is 0 Å². The molecule has 30 heavy (non-hydrogen) atoms. The quantitative estimate of drug-likeness (QED) is 0.532. The standard InChI is InChI=1S/C24H21F3N2O/c1-16-15-28-13-12-21(16)17-6-10-20(11-7-17)29-14-2-3-22(23(29)30)18-4-8-19(9-5-18)24(25,26)27/h4-13,15,22H,2-3,14H2,1H3. The lowest BCUT2D eigenvalue weighted by Gasteiger charge is -2.32. The maximum atomic E-state index is 13.1. The molecule has 0 saturated carbocycles. The zero-order chi connectivity index (χ0) is 21.3. The van der Waals surface area contributed by atoms with Crippen molar-refractivity contribution in [3.8, 4) is 11.1 Å². The summed E-state index contributed by atoms with van der Waals surface area (Å²) in [6.07, 6.45) is 0.610. The minimum atomic E-state index is -4.38. The molecule has 3 nitrogen and oxygen atoms in total. The van der Waals surface area contributed by atoms with E-state index in [9.17, 15) is 18.0 Å². The fourth-order valence-corrected chi connectivity index (χ4v) is 3.96. The summed E-state index contributed by atoms with van der Waals surface area (Å²) >= 11 is 0. The summed E-state index contributed by atoms with van der Waals surface area (Å²) in [5.41, 5.74) is 3.93. The van der Waals surface area contributed by atoms with E-state index < -0.39 is 17.7 Å². The molecule has 3 aromatic rings. The molecule has 0 N–H and O–H groups in total. The van der Waals surface area contributed by atoms with Gasteiger partial charge in [-0.25, -0.2) is 0 Å². The number of piperidine rings is 1. The number of nitrogens with zero attached hydrogens (tertiary/aromatic N) is 2. The number of carbonyl (C=O) groups is 1. The number of aromatic nitrogens is 1. The number of pyridine rings is 1. The van der Waals surface area contributed by atoms with E-state index in [-0.39, 0.29) is 5.91 Å². The number of hydrogen-bond acceptors (Lipinski definition) is 2. The first-order valence-corrected chi connectivity index (χ1v) is 9.84. The normalized spacial score (nSPS) is 17.3. The average Bonchev–Trinajstić information content (AvgIpc) is 2.74. The van der Waals surface area contributed by atoms with Gasteiger partial charge in [-0.15, -0.1) is 0 Å². The van der Waals surface area contributed by atoms with Crippen LogP contribution in [0.15, 0.2) is 67.0 Å². The van der Waals surface area contributed by atoms with Gasteiger partial charge in [0.1, 0.15) is 0 Å². The van der Waals surface area contributed by atoms with Crippen LogP contribution in [-0.2, 0) is 11.0 Å². The van der Waals surface area contributed by atoms with Gasteiger partial charge in [0.15, 0.2) is 0 Å². The maximum absolute atomic E-state index is 13.1. The van der Waals surface area contributed by atoms with E-state index in [0.29, 0.717) is 18.5 Å². The van der Waals surface area contributed by atoms with Gasteiger partial charge in [0.05, 0.1) is 11.5 Å². The molecule has 1 aliphatic heterocycles. The van der Waals surface area contributed by atoms with Crippen LogP contribution in [0.5, 0.6) is 0 Å². The zero-order valence-electron chi connectivity index (χ0n) is 16.5. The van der Waals surface area contributed by atoms with Crippen LogP contribution in [0.4, 0.5) is 18.9 Å². The van der Waals surface area contributed by atoms with Gasteiger partial charge < -0.3 is 4.90 Å². The Morgan fingerprint density at radius 1 is 1.00 bits per heavy atom. The lowest BCUT2D eigenvalue weighted by molar-refractivity contribution is -0.137. The summed E-state index contributed by atoms with van der Waals surface area (Å²) in [4.78, 5) is 19.0. The molecule has 0 spiro atoms. The minimum absolute atomic E-state index is 0.0751. The smallest absolute Gasteiger partial charge is 0.312 e. The van der Waals surface area contributed by atoms with Crippen LogP contribution < -0.4 is 4.90 Å². The fourth-order valence-electron chi connectivity index (χ4n) is 3.96. The Balaban J connectivity index is 1.55. The zero-order valence-corrected chi connectivity index (χ0v) is 16.5. The van der Waals surface area contributed by atoms with Crippen molar-refractivity contribution in [1.29, 1.82) is 0 Å². The van der Waals surface area contributed by atoms with Crippen molar-refractivity contribution < 1.29 is 18.0 Å². The summed E-state index contributed by atoms with van der Waals surface area (Å²) in [6, 6.07) is 14.7. The molecule has 1 amide bonds. The molecule has 0 radical (unpaired) electrons. The van der Waals surface area contributed by atoms with Crippen LogP contribution in [0.2, 0.25) is 0 Å². The third-order valence-corrected chi connectivity index (χ3v) is 5.59. The number of anilines is 1. The molecule has 2 aromatic carbocycles. The Bertz CT molecular complexity index is 1040. The molecule has 1 atom stereocenters. The van der Waals surface area contributed by atoms with Crippen LogP contribution >= 0.6 is 0 Å². The van der Waals surface area contributed by atoms with Crippen molar-refractivity contribution in [3.63, 3.8) is 0 Å². The van der Waals surface area contributed by atoms with Gasteiger partial charge in [-0.3, -0.25) is 9.78 Å². The Morgan fingerprint density at radius 3 is 2.33 bits per heavy atom. The van der Waals surface area contributed by atoms with Gasteiger partial charge in [-0.2, -0.15) is 13.2 Å². The second kappa shape index (κ2) is 7.94. The second-order valence-corrected chi connectivity index (χ2v) is 7.54. The molecule has 1 unspecified atom stereocenters. The number of amides is 1. The summed E-state index contributed by atoms with van der Waals surface area (Å²) < 4.78 is 38.5. The lowest BCUT2D eigenvalue weighted by atomic mass is 9.89. The number of carbonyl (C=O) groups excluding carboxylic acids is 1. The molecule has 1 aliphatic rings. The average molecular weight is 410 g/mol. The molecule has 4 rings (SSSR count). The molecule has 6 heteroatoms. The fraction of sp³-hybridized carbons (Fsp3) is 0.250. The topological polar surface area (TPSA) is 33.2 Å². The number of alkyl halides is 3. The van der Waals surface area contributed by atoms with Crippen molar-refractivity contribution in [2.45, 2.75) is 31.9 Å². The summed E-state index contributed by atoms with van der Waals surface area (Å²) in [6.45, 7) is 2.60. The molecule has 1 fully saturated rings. The van der Waals surface area contributed by atoms with Crippen molar-refractivity contribution in [1.82, 2.24) is 4.98 Å². The monoisotopic (exact) mass is 410 g/mol. The highest BCUT2D eigenvalue weighted by molar-refractivity contribution is 5.99. The van der Waals surface area contributed by atoms with Crippen LogP contribution in [0.1, 0.15) is 35.4 Å². The molecule has 1 saturated heterocycles.